The molecule has 0 radical (unpaired) electrons. The normalized spacial score (nSPS) is 11.2. The van der Waals surface area contributed by atoms with Gasteiger partial charge in [0.25, 0.3) is 0 Å². The van der Waals surface area contributed by atoms with Crippen LogP contribution in [0.25, 0.3) is 21.8 Å². The number of para-hydroxylation sites is 1. The molecule has 2 nitrogen and oxygen atoms in total. The topological polar surface area (TPSA) is 28.7 Å². The van der Waals surface area contributed by atoms with E-state index in [2.05, 4.69) is 9.97 Å². The van der Waals surface area contributed by atoms with Gasteiger partial charge in [-0.15, -0.1) is 0 Å². The summed E-state index contributed by atoms with van der Waals surface area (Å²) in [5.41, 5.74) is 1.88. The van der Waals surface area contributed by atoms with Crippen molar-refractivity contribution in [3.63, 3.8) is 0 Å². The van der Waals surface area contributed by atoms with Crippen molar-refractivity contribution in [2.45, 2.75) is 0 Å². The minimum Gasteiger partial charge on any atom is -0.353 e. The van der Waals surface area contributed by atoms with Gasteiger partial charge in [-0.1, -0.05) is 18.2 Å². The van der Waals surface area contributed by atoms with E-state index < -0.39 is 5.95 Å². The summed E-state index contributed by atoms with van der Waals surface area (Å²) in [5, 5.41) is 1.91. The average Bonchev–Trinajstić information content (AvgIpc) is 2.56. The van der Waals surface area contributed by atoms with Crippen molar-refractivity contribution < 1.29 is 4.39 Å². The van der Waals surface area contributed by atoms with Gasteiger partial charge in [0, 0.05) is 22.4 Å². The Labute approximate surface area is 79.4 Å². The number of pyridine rings is 1. The molecule has 3 rings (SSSR count). The SMILES string of the molecule is Fc1cc2c(cn1)[nH]c1ccccc12. The Bertz CT molecular complexity index is 613. The van der Waals surface area contributed by atoms with Crippen LogP contribution >= 0.6 is 0 Å². The molecule has 0 unspecified atom stereocenters. The zero-order valence-corrected chi connectivity index (χ0v) is 7.29. The maximum absolute atomic E-state index is 12.9. The average molecular weight is 186 g/mol. The standard InChI is InChI=1S/C11H7FN2/c12-11-5-8-7-3-1-2-4-9(7)14-10(8)6-13-11/h1-6,14H. The molecular formula is C11H7FN2. The zero-order valence-electron chi connectivity index (χ0n) is 7.29. The summed E-state index contributed by atoms with van der Waals surface area (Å²) in [7, 11) is 0. The molecule has 2 aromatic heterocycles. The molecule has 0 aliphatic rings. The second kappa shape index (κ2) is 2.54. The van der Waals surface area contributed by atoms with Crippen LogP contribution in [0.5, 0.6) is 0 Å². The van der Waals surface area contributed by atoms with Crippen LogP contribution in [0.3, 0.4) is 0 Å². The molecule has 0 saturated carbocycles. The number of nitrogens with one attached hydrogen (secondary N) is 1. The monoisotopic (exact) mass is 186 g/mol. The van der Waals surface area contributed by atoms with Crippen LogP contribution in [-0.4, -0.2) is 9.97 Å². The molecule has 68 valence electrons. The highest BCUT2D eigenvalue weighted by Crippen LogP contribution is 2.24. The molecule has 14 heavy (non-hydrogen) atoms. The summed E-state index contributed by atoms with van der Waals surface area (Å²) in [4.78, 5) is 6.78. The van der Waals surface area contributed by atoms with Gasteiger partial charge in [-0.3, -0.25) is 0 Å². The van der Waals surface area contributed by atoms with Gasteiger partial charge in [0.15, 0.2) is 0 Å². The highest BCUT2D eigenvalue weighted by molar-refractivity contribution is 6.06. The van der Waals surface area contributed by atoms with E-state index in [1.807, 2.05) is 24.3 Å². The van der Waals surface area contributed by atoms with E-state index in [-0.39, 0.29) is 0 Å². The first-order chi connectivity index (χ1) is 6.84. The zero-order chi connectivity index (χ0) is 9.54. The highest BCUT2D eigenvalue weighted by Gasteiger charge is 2.04. The van der Waals surface area contributed by atoms with Crippen molar-refractivity contribution in [2.24, 2.45) is 0 Å². The second-order valence-electron chi connectivity index (χ2n) is 3.22. The molecule has 3 heteroatoms. The van der Waals surface area contributed by atoms with Crippen LogP contribution < -0.4 is 0 Å². The summed E-state index contributed by atoms with van der Waals surface area (Å²) in [6.07, 6.45) is 1.52. The molecule has 0 atom stereocenters. The third-order valence-corrected chi connectivity index (χ3v) is 2.36. The van der Waals surface area contributed by atoms with Crippen LogP contribution in [0.2, 0.25) is 0 Å². The number of rotatable bonds is 0. The number of hydrogen-bond donors (Lipinski definition) is 1. The Balaban J connectivity index is 2.58. The number of aromatic nitrogens is 2. The first kappa shape index (κ1) is 7.50. The fraction of sp³-hybridized carbons (Fsp3) is 0. The molecule has 3 aromatic rings. The lowest BCUT2D eigenvalue weighted by Gasteiger charge is -1.89. The number of benzene rings is 1. The number of halogens is 1. The summed E-state index contributed by atoms with van der Waals surface area (Å²) in [5.74, 6) is -0.442. The number of aromatic amines is 1. The van der Waals surface area contributed by atoms with Crippen LogP contribution in [0, 0.1) is 5.95 Å². The molecular weight excluding hydrogens is 179 g/mol. The second-order valence-corrected chi connectivity index (χ2v) is 3.22. The van der Waals surface area contributed by atoms with Crippen molar-refractivity contribution in [3.05, 3.63) is 42.5 Å². The van der Waals surface area contributed by atoms with Crippen molar-refractivity contribution in [1.29, 1.82) is 0 Å². The Morgan fingerprint density at radius 1 is 1.07 bits per heavy atom. The Morgan fingerprint density at radius 2 is 1.93 bits per heavy atom. The fourth-order valence-electron chi connectivity index (χ4n) is 1.72. The quantitative estimate of drug-likeness (QED) is 0.537. The summed E-state index contributed by atoms with van der Waals surface area (Å²) >= 11 is 0. The summed E-state index contributed by atoms with van der Waals surface area (Å²) < 4.78 is 12.9. The van der Waals surface area contributed by atoms with Crippen LogP contribution in [0.4, 0.5) is 4.39 Å². The van der Waals surface area contributed by atoms with Gasteiger partial charge in [0.1, 0.15) is 0 Å². The van der Waals surface area contributed by atoms with E-state index in [0.717, 1.165) is 21.8 Å². The van der Waals surface area contributed by atoms with E-state index in [4.69, 9.17) is 0 Å². The predicted octanol–water partition coefficient (Wildman–Crippen LogP) is 2.86. The molecule has 0 saturated heterocycles. The lowest BCUT2D eigenvalue weighted by molar-refractivity contribution is 0.586. The molecule has 0 aliphatic carbocycles. The fourth-order valence-corrected chi connectivity index (χ4v) is 1.72. The van der Waals surface area contributed by atoms with Gasteiger partial charge in [-0.2, -0.15) is 4.39 Å². The third-order valence-electron chi connectivity index (χ3n) is 2.36. The number of fused-ring (bicyclic) bond motifs is 3. The van der Waals surface area contributed by atoms with E-state index in [0.29, 0.717) is 0 Å². The molecule has 1 aromatic carbocycles. The van der Waals surface area contributed by atoms with Gasteiger partial charge >= 0.3 is 0 Å². The van der Waals surface area contributed by atoms with Gasteiger partial charge in [0.05, 0.1) is 11.7 Å². The van der Waals surface area contributed by atoms with E-state index in [1.54, 1.807) is 0 Å². The van der Waals surface area contributed by atoms with Gasteiger partial charge in [-0.25, -0.2) is 4.98 Å². The molecule has 1 N–H and O–H groups in total. The van der Waals surface area contributed by atoms with Crippen LogP contribution in [0.1, 0.15) is 0 Å². The minimum atomic E-state index is -0.442. The molecule has 2 heterocycles. The maximum atomic E-state index is 12.9. The largest absolute Gasteiger partial charge is 0.353 e. The van der Waals surface area contributed by atoms with Gasteiger partial charge < -0.3 is 4.98 Å². The van der Waals surface area contributed by atoms with E-state index in [9.17, 15) is 4.39 Å². The predicted molar refractivity (Wildman–Crippen MR) is 53.6 cm³/mol. The molecule has 0 amide bonds. The smallest absolute Gasteiger partial charge is 0.213 e. The maximum Gasteiger partial charge on any atom is 0.213 e. The first-order valence-corrected chi connectivity index (χ1v) is 4.36. The van der Waals surface area contributed by atoms with Crippen molar-refractivity contribution >= 4 is 21.8 Å². The third kappa shape index (κ3) is 0.923. The number of H-pyrrole nitrogens is 1. The molecule has 0 spiro atoms. The lowest BCUT2D eigenvalue weighted by atomic mass is 10.2. The molecule has 0 aliphatic heterocycles. The van der Waals surface area contributed by atoms with Crippen LogP contribution in [0.15, 0.2) is 36.5 Å². The minimum absolute atomic E-state index is 0.442. The molecule has 0 fully saturated rings. The van der Waals surface area contributed by atoms with Crippen molar-refractivity contribution in [1.82, 2.24) is 9.97 Å². The Hall–Kier alpha value is -1.90. The number of nitrogens with zero attached hydrogens (tertiary/aromatic N) is 1. The van der Waals surface area contributed by atoms with Gasteiger partial charge in [-0.05, 0) is 6.07 Å². The van der Waals surface area contributed by atoms with Crippen molar-refractivity contribution in [2.75, 3.05) is 0 Å². The van der Waals surface area contributed by atoms with Crippen molar-refractivity contribution in [3.8, 4) is 0 Å². The van der Waals surface area contributed by atoms with E-state index in [1.165, 1.54) is 12.3 Å². The van der Waals surface area contributed by atoms with Gasteiger partial charge in [0.2, 0.25) is 5.95 Å². The Kier molecular flexibility index (Phi) is 1.36. The summed E-state index contributed by atoms with van der Waals surface area (Å²) in [6, 6.07) is 9.27. The lowest BCUT2D eigenvalue weighted by Crippen LogP contribution is -1.79. The molecule has 0 bridgehead atoms. The first-order valence-electron chi connectivity index (χ1n) is 4.36. The van der Waals surface area contributed by atoms with E-state index >= 15 is 0 Å². The number of hydrogen-bond acceptors (Lipinski definition) is 1. The highest BCUT2D eigenvalue weighted by atomic mass is 19.1. The summed E-state index contributed by atoms with van der Waals surface area (Å²) in [6.45, 7) is 0. The Morgan fingerprint density at radius 3 is 2.86 bits per heavy atom. The van der Waals surface area contributed by atoms with Crippen LogP contribution in [-0.2, 0) is 0 Å².